The number of nitriles is 1. The average molecular weight is 395 g/mol. The summed E-state index contributed by atoms with van der Waals surface area (Å²) in [5.74, 6) is -0.945. The smallest absolute Gasteiger partial charge is 0.405 e. The van der Waals surface area contributed by atoms with Crippen LogP contribution in [0, 0.1) is 11.3 Å². The Hall–Kier alpha value is -2.69. The molecule has 146 valence electrons. The van der Waals surface area contributed by atoms with Crippen LogP contribution in [0.2, 0.25) is 0 Å². The van der Waals surface area contributed by atoms with Gasteiger partial charge in [0.1, 0.15) is 17.9 Å². The van der Waals surface area contributed by atoms with Crippen molar-refractivity contribution in [2.75, 3.05) is 13.2 Å². The standard InChI is InChI=1S/C17H22N3O6P/c1-4-11-24-16(21)13(3)20-27(25-14-9-7-6-8-10-14)26-19-15(12-18)17(22)23-5-2/h6-10,13,20H,4-5,11H2,1-3H3/b19-15-/t13-,27?/m0/s1. The lowest BCUT2D eigenvalue weighted by molar-refractivity contribution is -0.145. The first kappa shape index (κ1) is 22.4. The third kappa shape index (κ3) is 8.49. The molecule has 10 heteroatoms. The maximum absolute atomic E-state index is 11.9. The monoisotopic (exact) mass is 395 g/mol. The lowest BCUT2D eigenvalue weighted by Gasteiger charge is -2.19. The minimum atomic E-state index is -1.99. The van der Waals surface area contributed by atoms with E-state index in [0.717, 1.165) is 0 Å². The Balaban J connectivity index is 2.85. The van der Waals surface area contributed by atoms with Crippen LogP contribution in [0.3, 0.4) is 0 Å². The molecule has 9 nitrogen and oxygen atoms in total. The summed E-state index contributed by atoms with van der Waals surface area (Å²) in [5.41, 5.74) is -0.566. The molecule has 0 bridgehead atoms. The Morgan fingerprint density at radius 1 is 1.26 bits per heavy atom. The number of nitrogens with one attached hydrogen (secondary N) is 1. The van der Waals surface area contributed by atoms with Crippen LogP contribution in [0.1, 0.15) is 27.2 Å². The molecule has 0 spiro atoms. The molecule has 1 N–H and O–H groups in total. The normalized spacial score (nSPS) is 13.0. The van der Waals surface area contributed by atoms with E-state index < -0.39 is 32.2 Å². The van der Waals surface area contributed by atoms with Gasteiger partial charge in [-0.3, -0.25) is 4.79 Å². The van der Waals surface area contributed by atoms with Gasteiger partial charge in [-0.25, -0.2) is 9.88 Å². The number of rotatable bonds is 11. The van der Waals surface area contributed by atoms with Gasteiger partial charge in [-0.05, 0) is 32.4 Å². The van der Waals surface area contributed by atoms with Gasteiger partial charge in [-0.1, -0.05) is 30.3 Å². The van der Waals surface area contributed by atoms with Crippen molar-refractivity contribution in [1.82, 2.24) is 5.09 Å². The second kappa shape index (κ2) is 12.6. The Bertz CT molecular complexity index is 677. The minimum Gasteiger partial charge on any atom is -0.465 e. The van der Waals surface area contributed by atoms with Gasteiger partial charge in [-0.2, -0.15) is 5.26 Å². The van der Waals surface area contributed by atoms with E-state index in [1.165, 1.54) is 0 Å². The second-order valence-corrected chi connectivity index (χ2v) is 6.15. The van der Waals surface area contributed by atoms with Gasteiger partial charge >= 0.3 is 20.5 Å². The molecular formula is C17H22N3O6P. The maximum Gasteiger partial charge on any atom is 0.405 e. The molecule has 27 heavy (non-hydrogen) atoms. The molecule has 0 aromatic heterocycles. The van der Waals surface area contributed by atoms with Crippen molar-refractivity contribution in [2.24, 2.45) is 5.16 Å². The predicted octanol–water partition coefficient (Wildman–Crippen LogP) is 2.68. The lowest BCUT2D eigenvalue weighted by atomic mass is 10.3. The number of hydrogen-bond acceptors (Lipinski definition) is 9. The summed E-state index contributed by atoms with van der Waals surface area (Å²) in [6, 6.07) is 9.52. The molecule has 0 aliphatic rings. The number of ether oxygens (including phenoxy) is 2. The van der Waals surface area contributed by atoms with E-state index in [1.807, 2.05) is 6.92 Å². The molecule has 1 aromatic rings. The molecule has 0 radical (unpaired) electrons. The van der Waals surface area contributed by atoms with E-state index in [4.69, 9.17) is 23.9 Å². The van der Waals surface area contributed by atoms with Crippen LogP contribution in [0.15, 0.2) is 35.5 Å². The van der Waals surface area contributed by atoms with Crippen molar-refractivity contribution in [1.29, 1.82) is 5.26 Å². The summed E-state index contributed by atoms with van der Waals surface area (Å²) in [5, 5.41) is 15.3. The zero-order valence-electron chi connectivity index (χ0n) is 15.4. The summed E-state index contributed by atoms with van der Waals surface area (Å²) in [6.07, 6.45) is 0.694. The number of oxime groups is 1. The van der Waals surface area contributed by atoms with Crippen LogP contribution < -0.4 is 9.61 Å². The molecule has 1 rings (SSSR count). The van der Waals surface area contributed by atoms with Crippen LogP contribution in [0.25, 0.3) is 0 Å². The molecule has 1 unspecified atom stereocenters. The SMILES string of the molecule is CCCOC(=O)[C@H](C)NP(O/N=C(/C#N)C(=O)OCC)Oc1ccccc1. The largest absolute Gasteiger partial charge is 0.465 e. The first-order chi connectivity index (χ1) is 13.0. The molecule has 1 aromatic carbocycles. The first-order valence-electron chi connectivity index (χ1n) is 8.30. The number of para-hydroxylation sites is 1. The molecule has 0 saturated heterocycles. The number of esters is 2. The Morgan fingerprint density at radius 3 is 2.56 bits per heavy atom. The van der Waals surface area contributed by atoms with Crippen molar-refractivity contribution in [3.05, 3.63) is 30.3 Å². The molecular weight excluding hydrogens is 373 g/mol. The fourth-order valence-corrected chi connectivity index (χ4v) is 2.59. The van der Waals surface area contributed by atoms with E-state index in [1.54, 1.807) is 50.2 Å². The van der Waals surface area contributed by atoms with Crippen molar-refractivity contribution in [3.8, 4) is 11.8 Å². The number of benzene rings is 1. The molecule has 2 atom stereocenters. The number of carbonyl (C=O) groups is 2. The topological polar surface area (TPSA) is 119 Å². The third-order valence-corrected chi connectivity index (χ3v) is 4.02. The second-order valence-electron chi connectivity index (χ2n) is 5.03. The summed E-state index contributed by atoms with van der Waals surface area (Å²) in [6.45, 7) is 5.44. The van der Waals surface area contributed by atoms with Gasteiger partial charge in [-0.15, -0.1) is 0 Å². The molecule has 0 saturated carbocycles. The van der Waals surface area contributed by atoms with Crippen molar-refractivity contribution in [2.45, 2.75) is 33.2 Å². The summed E-state index contributed by atoms with van der Waals surface area (Å²) in [4.78, 5) is 23.5. The number of nitrogens with zero attached hydrogens (tertiary/aromatic N) is 2. The Labute approximate surface area is 159 Å². The van der Waals surface area contributed by atoms with E-state index in [0.29, 0.717) is 18.8 Å². The Morgan fingerprint density at radius 2 is 1.96 bits per heavy atom. The van der Waals surface area contributed by atoms with Gasteiger partial charge in [0.2, 0.25) is 0 Å². The fraction of sp³-hybridized carbons (Fsp3) is 0.412. The number of carbonyl (C=O) groups excluding carboxylic acids is 2. The van der Waals surface area contributed by atoms with Crippen LogP contribution in [0.4, 0.5) is 0 Å². The van der Waals surface area contributed by atoms with E-state index >= 15 is 0 Å². The highest BCUT2D eigenvalue weighted by Gasteiger charge is 2.25. The van der Waals surface area contributed by atoms with Crippen LogP contribution in [-0.4, -0.2) is 36.9 Å². The number of hydrogen-bond donors (Lipinski definition) is 1. The van der Waals surface area contributed by atoms with Gasteiger partial charge in [0, 0.05) is 0 Å². The van der Waals surface area contributed by atoms with Crippen LogP contribution in [-0.2, 0) is 23.7 Å². The fourth-order valence-electron chi connectivity index (χ4n) is 1.56. The van der Waals surface area contributed by atoms with Crippen molar-refractivity contribution >= 4 is 26.2 Å². The highest BCUT2D eigenvalue weighted by Crippen LogP contribution is 2.36. The van der Waals surface area contributed by atoms with E-state index in [9.17, 15) is 9.59 Å². The minimum absolute atomic E-state index is 0.0906. The van der Waals surface area contributed by atoms with Gasteiger partial charge in [0.05, 0.1) is 13.2 Å². The predicted molar refractivity (Wildman–Crippen MR) is 98.6 cm³/mol. The van der Waals surface area contributed by atoms with Crippen LogP contribution >= 0.6 is 8.53 Å². The summed E-state index contributed by atoms with van der Waals surface area (Å²) in [7, 11) is -1.99. The van der Waals surface area contributed by atoms with Crippen LogP contribution in [0.5, 0.6) is 5.75 Å². The van der Waals surface area contributed by atoms with Gasteiger partial charge < -0.3 is 18.6 Å². The molecule has 0 aliphatic carbocycles. The highest BCUT2D eigenvalue weighted by molar-refractivity contribution is 7.45. The quantitative estimate of drug-likeness (QED) is 0.263. The molecule has 0 amide bonds. The maximum atomic E-state index is 11.9. The third-order valence-electron chi connectivity index (χ3n) is 2.81. The Kier molecular flexibility index (Phi) is 10.5. The summed E-state index contributed by atoms with van der Waals surface area (Å²) < 4.78 is 20.6. The summed E-state index contributed by atoms with van der Waals surface area (Å²) >= 11 is 0. The van der Waals surface area contributed by atoms with Crippen molar-refractivity contribution in [3.63, 3.8) is 0 Å². The zero-order valence-corrected chi connectivity index (χ0v) is 16.3. The lowest BCUT2D eigenvalue weighted by Crippen LogP contribution is -2.33. The molecule has 0 fully saturated rings. The van der Waals surface area contributed by atoms with Crippen molar-refractivity contribution < 1.29 is 28.2 Å². The van der Waals surface area contributed by atoms with E-state index in [2.05, 4.69) is 10.2 Å². The van der Waals surface area contributed by atoms with Gasteiger partial charge in [0.15, 0.2) is 0 Å². The highest BCUT2D eigenvalue weighted by atomic mass is 31.2. The molecule has 0 heterocycles. The first-order valence-corrected chi connectivity index (χ1v) is 9.47. The van der Waals surface area contributed by atoms with E-state index in [-0.39, 0.29) is 6.61 Å². The zero-order chi connectivity index (χ0) is 20.1. The van der Waals surface area contributed by atoms with Gasteiger partial charge in [0.25, 0.3) is 5.71 Å². The molecule has 0 aliphatic heterocycles. The average Bonchev–Trinajstić information content (AvgIpc) is 2.67.